The lowest BCUT2D eigenvalue weighted by atomic mass is 10.2. The number of hydrogen-bond donors (Lipinski definition) is 2. The molecule has 1 rings (SSSR count). The van der Waals surface area contributed by atoms with Gasteiger partial charge in [0.1, 0.15) is 11.2 Å². The molecule has 0 fully saturated rings. The van der Waals surface area contributed by atoms with Crippen LogP contribution in [0.15, 0.2) is 18.3 Å². The van der Waals surface area contributed by atoms with Crippen LogP contribution in [0.25, 0.3) is 0 Å². The minimum atomic E-state index is -1.06. The number of halogens is 1. The number of nitrogens with zero attached hydrogens (tertiary/aromatic N) is 1. The van der Waals surface area contributed by atoms with E-state index in [0.29, 0.717) is 12.2 Å². The highest BCUT2D eigenvalue weighted by Crippen LogP contribution is 2.12. The minimum absolute atomic E-state index is 0.0593. The van der Waals surface area contributed by atoms with Crippen LogP contribution in [0, 0.1) is 0 Å². The summed E-state index contributed by atoms with van der Waals surface area (Å²) in [5.74, 6) is -0.933. The minimum Gasteiger partial charge on any atom is -0.480 e. The molecular formula is C11H13ClN2O3S. The highest BCUT2D eigenvalue weighted by Gasteiger charge is 2.21. The molecule has 0 aromatic carbocycles. The molecule has 0 aliphatic rings. The van der Waals surface area contributed by atoms with Crippen LogP contribution >= 0.6 is 23.4 Å². The Bertz CT molecular complexity index is 442. The van der Waals surface area contributed by atoms with E-state index in [0.717, 1.165) is 0 Å². The van der Waals surface area contributed by atoms with Gasteiger partial charge in [0.2, 0.25) is 0 Å². The van der Waals surface area contributed by atoms with Crippen LogP contribution < -0.4 is 5.32 Å². The van der Waals surface area contributed by atoms with E-state index in [1.165, 1.54) is 24.0 Å². The fourth-order valence-corrected chi connectivity index (χ4v) is 1.96. The molecule has 18 heavy (non-hydrogen) atoms. The smallest absolute Gasteiger partial charge is 0.326 e. The summed E-state index contributed by atoms with van der Waals surface area (Å²) in [5, 5.41) is 11.5. The van der Waals surface area contributed by atoms with Gasteiger partial charge in [-0.15, -0.1) is 0 Å². The van der Waals surface area contributed by atoms with Gasteiger partial charge in [0, 0.05) is 6.20 Å². The van der Waals surface area contributed by atoms with Crippen molar-refractivity contribution in [2.24, 2.45) is 0 Å². The van der Waals surface area contributed by atoms with Crippen LogP contribution in [0.5, 0.6) is 0 Å². The average molecular weight is 289 g/mol. The van der Waals surface area contributed by atoms with Gasteiger partial charge >= 0.3 is 5.97 Å². The van der Waals surface area contributed by atoms with Crippen LogP contribution in [0.1, 0.15) is 16.8 Å². The summed E-state index contributed by atoms with van der Waals surface area (Å²) >= 11 is 7.28. The first-order valence-corrected chi connectivity index (χ1v) is 6.96. The summed E-state index contributed by atoms with van der Waals surface area (Å²) in [7, 11) is 0. The molecule has 1 heterocycles. The Morgan fingerprint density at radius 2 is 2.33 bits per heavy atom. The maximum absolute atomic E-state index is 11.8. The standard InChI is InChI=1S/C11H13ClN2O3S/c1-18-6-4-8(11(16)17)14-10(15)7-3-2-5-13-9(7)12/h2-3,5,8H,4,6H2,1H3,(H,14,15)(H,16,17). The highest BCUT2D eigenvalue weighted by atomic mass is 35.5. The fraction of sp³-hybridized carbons (Fsp3) is 0.364. The molecule has 0 aliphatic heterocycles. The number of carbonyl (C=O) groups is 2. The first-order valence-electron chi connectivity index (χ1n) is 5.19. The van der Waals surface area contributed by atoms with Crippen LogP contribution in [0.4, 0.5) is 0 Å². The number of carboxylic acids is 1. The number of hydrogen-bond acceptors (Lipinski definition) is 4. The molecule has 5 nitrogen and oxygen atoms in total. The van der Waals surface area contributed by atoms with Crippen LogP contribution in [-0.2, 0) is 4.79 Å². The Labute approximate surface area is 114 Å². The van der Waals surface area contributed by atoms with E-state index >= 15 is 0 Å². The van der Waals surface area contributed by atoms with Crippen molar-refractivity contribution in [3.05, 3.63) is 29.0 Å². The Balaban J connectivity index is 2.72. The van der Waals surface area contributed by atoms with E-state index in [2.05, 4.69) is 10.3 Å². The van der Waals surface area contributed by atoms with Crippen LogP contribution in [-0.4, -0.2) is 40.0 Å². The van der Waals surface area contributed by atoms with Crippen molar-refractivity contribution in [2.45, 2.75) is 12.5 Å². The number of thioether (sulfide) groups is 1. The molecule has 1 atom stereocenters. The Morgan fingerprint density at radius 1 is 1.61 bits per heavy atom. The number of rotatable bonds is 6. The lowest BCUT2D eigenvalue weighted by Gasteiger charge is -2.14. The van der Waals surface area contributed by atoms with Gasteiger partial charge in [0.15, 0.2) is 0 Å². The summed E-state index contributed by atoms with van der Waals surface area (Å²) in [6.45, 7) is 0. The van der Waals surface area contributed by atoms with Gasteiger partial charge in [-0.2, -0.15) is 11.8 Å². The molecule has 0 saturated heterocycles. The molecule has 1 aromatic heterocycles. The van der Waals surface area contributed by atoms with Gasteiger partial charge in [-0.3, -0.25) is 4.79 Å². The number of pyridine rings is 1. The average Bonchev–Trinajstić information content (AvgIpc) is 2.34. The predicted octanol–water partition coefficient (Wildman–Crippen LogP) is 1.67. The number of nitrogens with one attached hydrogen (secondary N) is 1. The highest BCUT2D eigenvalue weighted by molar-refractivity contribution is 7.98. The molecule has 0 spiro atoms. The van der Waals surface area contributed by atoms with Crippen molar-refractivity contribution in [3.8, 4) is 0 Å². The van der Waals surface area contributed by atoms with E-state index in [9.17, 15) is 9.59 Å². The zero-order chi connectivity index (χ0) is 13.5. The zero-order valence-corrected chi connectivity index (χ0v) is 11.3. The van der Waals surface area contributed by atoms with Crippen molar-refractivity contribution in [1.29, 1.82) is 0 Å². The quantitative estimate of drug-likeness (QED) is 0.779. The Morgan fingerprint density at radius 3 is 2.89 bits per heavy atom. The number of carboxylic acid groups (broad SMARTS) is 1. The number of carbonyl (C=O) groups excluding carboxylic acids is 1. The lowest BCUT2D eigenvalue weighted by molar-refractivity contribution is -0.139. The maximum Gasteiger partial charge on any atom is 0.326 e. The molecule has 0 aliphatic carbocycles. The van der Waals surface area contributed by atoms with Gasteiger partial charge in [0.25, 0.3) is 5.91 Å². The second-order valence-electron chi connectivity index (χ2n) is 3.49. The van der Waals surface area contributed by atoms with Gasteiger partial charge in [-0.1, -0.05) is 11.6 Å². The molecule has 98 valence electrons. The molecule has 1 unspecified atom stereocenters. The maximum atomic E-state index is 11.8. The van der Waals surface area contributed by atoms with Crippen molar-refractivity contribution in [2.75, 3.05) is 12.0 Å². The Kier molecular flexibility index (Phi) is 5.94. The Hall–Kier alpha value is -1.27. The second-order valence-corrected chi connectivity index (χ2v) is 4.83. The van der Waals surface area contributed by atoms with Gasteiger partial charge in [-0.25, -0.2) is 9.78 Å². The molecule has 0 radical (unpaired) electrons. The van der Waals surface area contributed by atoms with E-state index < -0.39 is 17.9 Å². The van der Waals surface area contributed by atoms with E-state index in [1.807, 2.05) is 6.26 Å². The number of amides is 1. The molecule has 1 aromatic rings. The summed E-state index contributed by atoms with van der Waals surface area (Å²) in [6, 6.07) is 2.15. The van der Waals surface area contributed by atoms with Gasteiger partial charge < -0.3 is 10.4 Å². The first-order chi connectivity index (χ1) is 8.56. The zero-order valence-electron chi connectivity index (χ0n) is 9.72. The van der Waals surface area contributed by atoms with Crippen LogP contribution in [0.3, 0.4) is 0 Å². The summed E-state index contributed by atoms with van der Waals surface area (Å²) in [5.41, 5.74) is 0.176. The molecule has 0 bridgehead atoms. The third-order valence-corrected chi connectivity index (χ3v) is 3.16. The normalized spacial score (nSPS) is 11.9. The molecule has 1 amide bonds. The SMILES string of the molecule is CSCCC(NC(=O)c1cccnc1Cl)C(=O)O. The monoisotopic (exact) mass is 288 g/mol. The fourth-order valence-electron chi connectivity index (χ4n) is 1.28. The molecule has 7 heteroatoms. The van der Waals surface area contributed by atoms with Crippen molar-refractivity contribution < 1.29 is 14.7 Å². The van der Waals surface area contributed by atoms with Crippen molar-refractivity contribution in [3.63, 3.8) is 0 Å². The van der Waals surface area contributed by atoms with Gasteiger partial charge in [0.05, 0.1) is 5.56 Å². The van der Waals surface area contributed by atoms with Crippen molar-refractivity contribution >= 4 is 35.2 Å². The summed E-state index contributed by atoms with van der Waals surface area (Å²) < 4.78 is 0. The van der Waals surface area contributed by atoms with Crippen LogP contribution in [0.2, 0.25) is 5.15 Å². The van der Waals surface area contributed by atoms with E-state index in [1.54, 1.807) is 6.07 Å². The third kappa shape index (κ3) is 4.19. The second kappa shape index (κ2) is 7.23. The molecular weight excluding hydrogens is 276 g/mol. The third-order valence-electron chi connectivity index (χ3n) is 2.22. The van der Waals surface area contributed by atoms with Gasteiger partial charge in [-0.05, 0) is 30.6 Å². The van der Waals surface area contributed by atoms with E-state index in [4.69, 9.17) is 16.7 Å². The lowest BCUT2D eigenvalue weighted by Crippen LogP contribution is -2.41. The number of aliphatic carboxylic acids is 1. The van der Waals surface area contributed by atoms with Crippen molar-refractivity contribution in [1.82, 2.24) is 10.3 Å². The molecule has 0 saturated carbocycles. The van der Waals surface area contributed by atoms with E-state index in [-0.39, 0.29) is 10.7 Å². The summed E-state index contributed by atoms with van der Waals surface area (Å²) in [4.78, 5) is 26.6. The first kappa shape index (κ1) is 14.8. The molecule has 2 N–H and O–H groups in total. The topological polar surface area (TPSA) is 79.3 Å². The predicted molar refractivity (Wildman–Crippen MR) is 71.1 cm³/mol. The summed E-state index contributed by atoms with van der Waals surface area (Å²) in [6.07, 6.45) is 3.69. The largest absolute Gasteiger partial charge is 0.480 e. The number of aromatic nitrogens is 1.